The molecule has 1 amide bonds. The molecular weight excluding hydrogens is 374 g/mol. The highest BCUT2D eigenvalue weighted by atomic mass is 32.2. The van der Waals surface area contributed by atoms with E-state index < -0.39 is 0 Å². The van der Waals surface area contributed by atoms with Gasteiger partial charge in [0.25, 0.3) is 11.8 Å². The number of nitrogens with one attached hydrogen (secondary N) is 1. The summed E-state index contributed by atoms with van der Waals surface area (Å²) in [6, 6.07) is 14.8. The van der Waals surface area contributed by atoms with Crippen molar-refractivity contribution < 1.29 is 13.9 Å². The fourth-order valence-electron chi connectivity index (χ4n) is 2.62. The number of nitrogens with zero attached hydrogens (tertiary/aromatic N) is 2. The predicted molar refractivity (Wildman–Crippen MR) is 111 cm³/mol. The first-order chi connectivity index (χ1) is 13.7. The molecule has 7 heteroatoms. The molecule has 0 unspecified atom stereocenters. The van der Waals surface area contributed by atoms with Crippen molar-refractivity contribution in [2.75, 3.05) is 18.2 Å². The molecule has 2 aromatic carbocycles. The minimum atomic E-state index is -0.314. The minimum Gasteiger partial charge on any atom is -0.494 e. The van der Waals surface area contributed by atoms with Crippen LogP contribution in [-0.4, -0.2) is 29.0 Å². The SMILES string of the molecule is CCCCCOc1ccc(C(=O)Nc2nnc(-c3ccccc3SC)o2)cc1. The third-order valence-electron chi connectivity index (χ3n) is 4.12. The maximum atomic E-state index is 12.4. The lowest BCUT2D eigenvalue weighted by Crippen LogP contribution is -2.12. The molecule has 0 aliphatic heterocycles. The first-order valence-corrected chi connectivity index (χ1v) is 10.4. The second-order valence-electron chi connectivity index (χ2n) is 6.15. The summed E-state index contributed by atoms with van der Waals surface area (Å²) in [6.07, 6.45) is 5.31. The van der Waals surface area contributed by atoms with E-state index in [2.05, 4.69) is 22.4 Å². The molecule has 0 aliphatic rings. The molecule has 6 nitrogen and oxygen atoms in total. The van der Waals surface area contributed by atoms with Gasteiger partial charge in [-0.15, -0.1) is 16.9 Å². The Bertz CT molecular complexity index is 909. The molecule has 0 saturated heterocycles. The highest BCUT2D eigenvalue weighted by Gasteiger charge is 2.15. The van der Waals surface area contributed by atoms with Gasteiger partial charge >= 0.3 is 6.01 Å². The fourth-order valence-corrected chi connectivity index (χ4v) is 3.21. The van der Waals surface area contributed by atoms with Crippen LogP contribution >= 0.6 is 11.8 Å². The maximum Gasteiger partial charge on any atom is 0.322 e. The zero-order valence-electron chi connectivity index (χ0n) is 16.0. The van der Waals surface area contributed by atoms with Crippen molar-refractivity contribution >= 4 is 23.7 Å². The van der Waals surface area contributed by atoms with E-state index in [-0.39, 0.29) is 11.9 Å². The summed E-state index contributed by atoms with van der Waals surface area (Å²) in [5.41, 5.74) is 1.33. The number of rotatable bonds is 9. The molecule has 146 valence electrons. The number of amides is 1. The summed E-state index contributed by atoms with van der Waals surface area (Å²) in [6.45, 7) is 2.84. The van der Waals surface area contributed by atoms with Gasteiger partial charge in [-0.2, -0.15) is 0 Å². The smallest absolute Gasteiger partial charge is 0.322 e. The van der Waals surface area contributed by atoms with Crippen LogP contribution in [0.25, 0.3) is 11.5 Å². The van der Waals surface area contributed by atoms with Gasteiger partial charge in [0.05, 0.1) is 12.2 Å². The molecule has 0 atom stereocenters. The molecule has 1 aromatic heterocycles. The quantitative estimate of drug-likeness (QED) is 0.391. The van der Waals surface area contributed by atoms with Crippen molar-refractivity contribution in [3.05, 3.63) is 54.1 Å². The van der Waals surface area contributed by atoms with E-state index in [1.165, 1.54) is 0 Å². The molecule has 0 spiro atoms. The zero-order chi connectivity index (χ0) is 19.8. The standard InChI is InChI=1S/C21H23N3O3S/c1-3-4-7-14-26-16-12-10-15(11-13-16)19(25)22-21-24-23-20(27-21)17-8-5-6-9-18(17)28-2/h5-6,8-13H,3-4,7,14H2,1-2H3,(H,22,24,25). The number of aromatic nitrogens is 2. The lowest BCUT2D eigenvalue weighted by Gasteiger charge is -2.06. The Hall–Kier alpha value is -2.80. The van der Waals surface area contributed by atoms with Crippen LogP contribution in [0.4, 0.5) is 6.01 Å². The number of thioether (sulfide) groups is 1. The number of benzene rings is 2. The molecule has 28 heavy (non-hydrogen) atoms. The Morgan fingerprint density at radius 2 is 1.89 bits per heavy atom. The molecule has 0 bridgehead atoms. The van der Waals surface area contributed by atoms with Gasteiger partial charge in [-0.1, -0.05) is 37.0 Å². The van der Waals surface area contributed by atoms with Crippen molar-refractivity contribution in [3.63, 3.8) is 0 Å². The van der Waals surface area contributed by atoms with Gasteiger partial charge in [0, 0.05) is 10.5 Å². The van der Waals surface area contributed by atoms with Crippen LogP contribution in [0, 0.1) is 0 Å². The van der Waals surface area contributed by atoms with Crippen LogP contribution in [-0.2, 0) is 0 Å². The summed E-state index contributed by atoms with van der Waals surface area (Å²) in [7, 11) is 0. The van der Waals surface area contributed by atoms with Crippen LogP contribution in [0.3, 0.4) is 0 Å². The molecular formula is C21H23N3O3S. The second-order valence-corrected chi connectivity index (χ2v) is 6.99. The first-order valence-electron chi connectivity index (χ1n) is 9.22. The molecule has 1 heterocycles. The number of ether oxygens (including phenoxy) is 1. The van der Waals surface area contributed by atoms with Crippen LogP contribution in [0.2, 0.25) is 0 Å². The number of carbonyl (C=O) groups is 1. The van der Waals surface area contributed by atoms with E-state index in [4.69, 9.17) is 9.15 Å². The van der Waals surface area contributed by atoms with Gasteiger partial charge < -0.3 is 9.15 Å². The number of hydrogen-bond acceptors (Lipinski definition) is 6. The highest BCUT2D eigenvalue weighted by Crippen LogP contribution is 2.29. The van der Waals surface area contributed by atoms with Gasteiger partial charge in [0.15, 0.2) is 0 Å². The Morgan fingerprint density at radius 3 is 2.64 bits per heavy atom. The lowest BCUT2D eigenvalue weighted by molar-refractivity contribution is 0.102. The van der Waals surface area contributed by atoms with E-state index in [0.29, 0.717) is 18.1 Å². The monoisotopic (exact) mass is 397 g/mol. The molecule has 0 radical (unpaired) electrons. The molecule has 0 aliphatic carbocycles. The molecule has 1 N–H and O–H groups in total. The van der Waals surface area contributed by atoms with Crippen molar-refractivity contribution in [3.8, 4) is 17.2 Å². The fraction of sp³-hybridized carbons (Fsp3) is 0.286. The van der Waals surface area contributed by atoms with Gasteiger partial charge in [-0.25, -0.2) is 0 Å². The van der Waals surface area contributed by atoms with E-state index in [1.807, 2.05) is 30.5 Å². The summed E-state index contributed by atoms with van der Waals surface area (Å²) >= 11 is 1.59. The normalized spacial score (nSPS) is 10.6. The largest absolute Gasteiger partial charge is 0.494 e. The molecule has 0 saturated carbocycles. The first kappa shape index (κ1) is 19.9. The lowest BCUT2D eigenvalue weighted by atomic mass is 10.2. The van der Waals surface area contributed by atoms with E-state index >= 15 is 0 Å². The molecule has 0 fully saturated rings. The van der Waals surface area contributed by atoms with Gasteiger partial charge in [0.2, 0.25) is 0 Å². The molecule has 3 aromatic rings. The maximum absolute atomic E-state index is 12.4. The van der Waals surface area contributed by atoms with Crippen LogP contribution in [0.5, 0.6) is 5.75 Å². The minimum absolute atomic E-state index is 0.0656. The number of unbranched alkanes of at least 4 members (excludes halogenated alkanes) is 2. The highest BCUT2D eigenvalue weighted by molar-refractivity contribution is 7.98. The topological polar surface area (TPSA) is 77.2 Å². The Kier molecular flexibility index (Phi) is 7.08. The molecule has 3 rings (SSSR count). The Labute approximate surface area is 168 Å². The van der Waals surface area contributed by atoms with E-state index in [0.717, 1.165) is 35.5 Å². The number of anilines is 1. The van der Waals surface area contributed by atoms with Crippen LogP contribution < -0.4 is 10.1 Å². The average molecular weight is 398 g/mol. The third-order valence-corrected chi connectivity index (χ3v) is 4.91. The average Bonchev–Trinajstić information content (AvgIpc) is 3.20. The van der Waals surface area contributed by atoms with Gasteiger partial charge in [-0.05, 0) is 49.1 Å². The second kappa shape index (κ2) is 9.94. The Morgan fingerprint density at radius 1 is 1.11 bits per heavy atom. The summed E-state index contributed by atoms with van der Waals surface area (Å²) in [4.78, 5) is 13.4. The van der Waals surface area contributed by atoms with Crippen LogP contribution in [0.15, 0.2) is 57.8 Å². The zero-order valence-corrected chi connectivity index (χ0v) is 16.8. The van der Waals surface area contributed by atoms with Crippen molar-refractivity contribution in [2.45, 2.75) is 31.1 Å². The summed E-state index contributed by atoms with van der Waals surface area (Å²) in [5, 5.41) is 10.6. The third kappa shape index (κ3) is 5.13. The van der Waals surface area contributed by atoms with E-state index in [9.17, 15) is 4.79 Å². The van der Waals surface area contributed by atoms with Gasteiger partial charge in [0.1, 0.15) is 5.75 Å². The van der Waals surface area contributed by atoms with Crippen LogP contribution in [0.1, 0.15) is 36.5 Å². The summed E-state index contributed by atoms with van der Waals surface area (Å²) in [5.74, 6) is 0.809. The number of hydrogen-bond donors (Lipinski definition) is 1. The van der Waals surface area contributed by atoms with Crippen molar-refractivity contribution in [1.29, 1.82) is 0 Å². The Balaban J connectivity index is 1.61. The van der Waals surface area contributed by atoms with E-state index in [1.54, 1.807) is 36.0 Å². The predicted octanol–water partition coefficient (Wildman–Crippen LogP) is 5.28. The number of carbonyl (C=O) groups excluding carboxylic acids is 1. The van der Waals surface area contributed by atoms with Gasteiger partial charge in [-0.3, -0.25) is 10.1 Å². The summed E-state index contributed by atoms with van der Waals surface area (Å²) < 4.78 is 11.3. The van der Waals surface area contributed by atoms with Crippen molar-refractivity contribution in [1.82, 2.24) is 10.2 Å². The van der Waals surface area contributed by atoms with Crippen molar-refractivity contribution in [2.24, 2.45) is 0 Å².